The summed E-state index contributed by atoms with van der Waals surface area (Å²) in [5, 5.41) is 6.90. The van der Waals surface area contributed by atoms with Gasteiger partial charge in [-0.05, 0) is 48.9 Å². The zero-order valence-electron chi connectivity index (χ0n) is 14.5. The average Bonchev–Trinajstić information content (AvgIpc) is 2.66. The summed E-state index contributed by atoms with van der Waals surface area (Å²) in [5.74, 6) is 0.352. The Labute approximate surface area is 146 Å². The van der Waals surface area contributed by atoms with Crippen LogP contribution in [-0.2, 0) is 4.79 Å². The van der Waals surface area contributed by atoms with Gasteiger partial charge >= 0.3 is 0 Å². The molecule has 0 saturated heterocycles. The topological polar surface area (TPSA) is 79.8 Å². The van der Waals surface area contributed by atoms with Crippen LogP contribution in [-0.4, -0.2) is 24.6 Å². The van der Waals surface area contributed by atoms with Gasteiger partial charge in [-0.1, -0.05) is 19.1 Å². The molecule has 2 N–H and O–H groups in total. The van der Waals surface area contributed by atoms with E-state index in [-0.39, 0.29) is 11.8 Å². The minimum Gasteiger partial charge on any atom is -0.497 e. The lowest BCUT2D eigenvalue weighted by molar-refractivity contribution is -0.115. The molecule has 2 rings (SSSR count). The number of hydrogen-bond donors (Lipinski definition) is 2. The van der Waals surface area contributed by atoms with E-state index in [1.165, 1.54) is 0 Å². The van der Waals surface area contributed by atoms with Gasteiger partial charge in [-0.2, -0.15) is 5.10 Å². The van der Waals surface area contributed by atoms with E-state index < -0.39 is 0 Å². The molecule has 0 saturated carbocycles. The lowest BCUT2D eigenvalue weighted by Gasteiger charge is -2.06. The molecule has 130 valence electrons. The molecule has 0 aliphatic carbocycles. The Morgan fingerprint density at radius 1 is 1.00 bits per heavy atom. The fourth-order valence-corrected chi connectivity index (χ4v) is 2.05. The highest BCUT2D eigenvalue weighted by atomic mass is 16.5. The van der Waals surface area contributed by atoms with Crippen molar-refractivity contribution in [1.29, 1.82) is 0 Å². The van der Waals surface area contributed by atoms with Crippen LogP contribution in [0.2, 0.25) is 0 Å². The molecule has 0 bridgehead atoms. The standard InChI is InChI=1S/C19H21N3O3/c1-4-18(23)20-16-9-5-14(6-10-16)13(2)21-22-19(24)15-7-11-17(25-3)12-8-15/h5-12H,4H2,1-3H3,(H,20,23)(H,22,24). The molecule has 6 heteroatoms. The van der Waals surface area contributed by atoms with E-state index >= 15 is 0 Å². The Morgan fingerprint density at radius 3 is 2.16 bits per heavy atom. The highest BCUT2D eigenvalue weighted by Crippen LogP contribution is 2.12. The molecule has 25 heavy (non-hydrogen) atoms. The Morgan fingerprint density at radius 2 is 1.60 bits per heavy atom. The van der Waals surface area contributed by atoms with Gasteiger partial charge in [0.15, 0.2) is 0 Å². The molecule has 2 aromatic carbocycles. The predicted octanol–water partition coefficient (Wildman–Crippen LogP) is 3.20. The van der Waals surface area contributed by atoms with Crippen molar-refractivity contribution < 1.29 is 14.3 Å². The normalized spacial score (nSPS) is 10.9. The van der Waals surface area contributed by atoms with Crippen molar-refractivity contribution in [2.45, 2.75) is 20.3 Å². The Bertz CT molecular complexity index is 766. The molecule has 0 heterocycles. The van der Waals surface area contributed by atoms with Crippen LogP contribution in [0.4, 0.5) is 5.69 Å². The first-order valence-electron chi connectivity index (χ1n) is 7.92. The first kappa shape index (κ1) is 18.2. The molecule has 0 radical (unpaired) electrons. The summed E-state index contributed by atoms with van der Waals surface area (Å²) < 4.78 is 5.06. The van der Waals surface area contributed by atoms with E-state index in [1.807, 2.05) is 12.1 Å². The van der Waals surface area contributed by atoms with Crippen LogP contribution < -0.4 is 15.5 Å². The minimum absolute atomic E-state index is 0.0371. The van der Waals surface area contributed by atoms with Crippen LogP contribution in [0, 0.1) is 0 Å². The van der Waals surface area contributed by atoms with E-state index in [2.05, 4.69) is 15.8 Å². The van der Waals surface area contributed by atoms with Crippen LogP contribution in [0.1, 0.15) is 36.2 Å². The number of nitrogens with one attached hydrogen (secondary N) is 2. The largest absolute Gasteiger partial charge is 0.497 e. The fourth-order valence-electron chi connectivity index (χ4n) is 2.05. The molecule has 2 amide bonds. The summed E-state index contributed by atoms with van der Waals surface area (Å²) in [5.41, 5.74) is 5.27. The molecule has 0 aliphatic heterocycles. The molecular weight excluding hydrogens is 318 g/mol. The second kappa shape index (κ2) is 8.63. The van der Waals surface area contributed by atoms with Crippen molar-refractivity contribution in [3.63, 3.8) is 0 Å². The third kappa shape index (κ3) is 5.17. The van der Waals surface area contributed by atoms with Crippen molar-refractivity contribution in [3.8, 4) is 5.75 Å². The maximum absolute atomic E-state index is 12.1. The molecular formula is C19H21N3O3. The minimum atomic E-state index is -0.297. The van der Waals surface area contributed by atoms with Crippen LogP contribution >= 0.6 is 0 Å². The van der Waals surface area contributed by atoms with Crippen molar-refractivity contribution in [1.82, 2.24) is 5.43 Å². The maximum Gasteiger partial charge on any atom is 0.271 e. The summed E-state index contributed by atoms with van der Waals surface area (Å²) in [6.45, 7) is 3.60. The Balaban J connectivity index is 2.00. The summed E-state index contributed by atoms with van der Waals surface area (Å²) >= 11 is 0. The molecule has 0 unspecified atom stereocenters. The summed E-state index contributed by atoms with van der Waals surface area (Å²) in [7, 11) is 1.57. The first-order valence-corrected chi connectivity index (χ1v) is 7.92. The zero-order chi connectivity index (χ0) is 18.2. The lowest BCUT2D eigenvalue weighted by Crippen LogP contribution is -2.19. The van der Waals surface area contributed by atoms with Gasteiger partial charge in [0, 0.05) is 17.7 Å². The number of benzene rings is 2. The number of carbonyl (C=O) groups excluding carboxylic acids is 2. The van der Waals surface area contributed by atoms with Crippen molar-refractivity contribution in [2.24, 2.45) is 5.10 Å². The van der Waals surface area contributed by atoms with Gasteiger partial charge in [-0.15, -0.1) is 0 Å². The van der Waals surface area contributed by atoms with Gasteiger partial charge < -0.3 is 10.1 Å². The van der Waals surface area contributed by atoms with Gasteiger partial charge in [0.25, 0.3) is 5.91 Å². The summed E-state index contributed by atoms with van der Waals surface area (Å²) in [4.78, 5) is 23.4. The summed E-state index contributed by atoms with van der Waals surface area (Å²) in [6, 6.07) is 14.0. The molecule has 0 spiro atoms. The first-order chi connectivity index (χ1) is 12.0. The molecule has 2 aromatic rings. The van der Waals surface area contributed by atoms with Gasteiger partial charge in [-0.3, -0.25) is 9.59 Å². The van der Waals surface area contributed by atoms with E-state index in [9.17, 15) is 9.59 Å². The number of carbonyl (C=O) groups is 2. The number of rotatable bonds is 6. The quantitative estimate of drug-likeness (QED) is 0.626. The zero-order valence-corrected chi connectivity index (χ0v) is 14.5. The Hall–Kier alpha value is -3.15. The fraction of sp³-hybridized carbons (Fsp3) is 0.211. The summed E-state index contributed by atoms with van der Waals surface area (Å²) in [6.07, 6.45) is 0.430. The van der Waals surface area contributed by atoms with Crippen LogP contribution in [0.5, 0.6) is 5.75 Å². The van der Waals surface area contributed by atoms with E-state index in [1.54, 1.807) is 57.4 Å². The molecule has 0 atom stereocenters. The monoisotopic (exact) mass is 339 g/mol. The highest BCUT2D eigenvalue weighted by molar-refractivity contribution is 6.01. The van der Waals surface area contributed by atoms with Crippen molar-refractivity contribution in [3.05, 3.63) is 59.7 Å². The van der Waals surface area contributed by atoms with Gasteiger partial charge in [0.1, 0.15) is 5.75 Å². The number of methoxy groups -OCH3 is 1. The predicted molar refractivity (Wildman–Crippen MR) is 98.0 cm³/mol. The maximum atomic E-state index is 12.1. The smallest absolute Gasteiger partial charge is 0.271 e. The number of amides is 2. The lowest BCUT2D eigenvalue weighted by atomic mass is 10.1. The van der Waals surface area contributed by atoms with Gasteiger partial charge in [-0.25, -0.2) is 5.43 Å². The average molecular weight is 339 g/mol. The van der Waals surface area contributed by atoms with E-state index in [0.717, 1.165) is 11.3 Å². The molecule has 0 fully saturated rings. The van der Waals surface area contributed by atoms with Crippen molar-refractivity contribution in [2.75, 3.05) is 12.4 Å². The van der Waals surface area contributed by atoms with Gasteiger partial charge in [0.05, 0.1) is 12.8 Å². The van der Waals surface area contributed by atoms with Gasteiger partial charge in [0.2, 0.25) is 5.91 Å². The molecule has 0 aliphatic rings. The van der Waals surface area contributed by atoms with Crippen molar-refractivity contribution >= 4 is 23.2 Å². The number of ether oxygens (including phenoxy) is 1. The number of hydrazone groups is 1. The second-order valence-corrected chi connectivity index (χ2v) is 5.35. The molecule has 0 aromatic heterocycles. The SMILES string of the molecule is CCC(=O)Nc1ccc(C(C)=NNC(=O)c2ccc(OC)cc2)cc1. The number of hydrogen-bond acceptors (Lipinski definition) is 4. The second-order valence-electron chi connectivity index (χ2n) is 5.35. The third-order valence-electron chi connectivity index (χ3n) is 3.58. The highest BCUT2D eigenvalue weighted by Gasteiger charge is 2.06. The van der Waals surface area contributed by atoms with E-state index in [4.69, 9.17) is 4.74 Å². The van der Waals surface area contributed by atoms with Crippen LogP contribution in [0.25, 0.3) is 0 Å². The Kier molecular flexibility index (Phi) is 6.28. The number of anilines is 1. The third-order valence-corrected chi connectivity index (χ3v) is 3.58. The number of nitrogens with zero attached hydrogens (tertiary/aromatic N) is 1. The molecule has 6 nitrogen and oxygen atoms in total. The van der Waals surface area contributed by atoms with Crippen LogP contribution in [0.3, 0.4) is 0 Å². The van der Waals surface area contributed by atoms with E-state index in [0.29, 0.717) is 23.4 Å². The van der Waals surface area contributed by atoms with Crippen LogP contribution in [0.15, 0.2) is 53.6 Å².